The van der Waals surface area contributed by atoms with Gasteiger partial charge < -0.3 is 20.0 Å². The summed E-state index contributed by atoms with van der Waals surface area (Å²) in [7, 11) is 0. The van der Waals surface area contributed by atoms with Crippen LogP contribution in [0.1, 0.15) is 91.6 Å². The van der Waals surface area contributed by atoms with Crippen molar-refractivity contribution in [3.63, 3.8) is 0 Å². The molecule has 2 amide bonds. The lowest BCUT2D eigenvalue weighted by Crippen LogP contribution is -2.38. The summed E-state index contributed by atoms with van der Waals surface area (Å²) in [6, 6.07) is 22.7. The van der Waals surface area contributed by atoms with E-state index < -0.39 is 11.9 Å². The number of rotatable bonds is 8. The van der Waals surface area contributed by atoms with Crippen molar-refractivity contribution in [2.75, 3.05) is 26.2 Å². The van der Waals surface area contributed by atoms with Gasteiger partial charge in [0.05, 0.1) is 39.0 Å². The van der Waals surface area contributed by atoms with E-state index in [1.54, 1.807) is 58.3 Å². The number of carboxylic acid groups (broad SMARTS) is 2. The van der Waals surface area contributed by atoms with Gasteiger partial charge in [0.1, 0.15) is 11.6 Å². The summed E-state index contributed by atoms with van der Waals surface area (Å²) in [4.78, 5) is 52.2. The molecule has 8 rings (SSSR count). The fraction of sp³-hybridized carbons (Fsp3) is 0.280. The van der Waals surface area contributed by atoms with Crippen LogP contribution in [0.25, 0.3) is 21.5 Å². The van der Waals surface area contributed by atoms with Gasteiger partial charge in [0, 0.05) is 31.2 Å². The van der Waals surface area contributed by atoms with Gasteiger partial charge in [0.15, 0.2) is 0 Å². The summed E-state index contributed by atoms with van der Waals surface area (Å²) in [5, 5.41) is 23.4. The van der Waals surface area contributed by atoms with Crippen LogP contribution in [0, 0.1) is 25.5 Å². The molecule has 2 heterocycles. The first-order chi connectivity index (χ1) is 30.5. The number of nitrogens with zero attached hydrogens (tertiary/aromatic N) is 2. The first-order valence-corrected chi connectivity index (χ1v) is 22.4. The van der Waals surface area contributed by atoms with Gasteiger partial charge in [-0.05, 0) is 161 Å². The van der Waals surface area contributed by atoms with E-state index in [-0.39, 0.29) is 48.1 Å². The van der Waals surface area contributed by atoms with Crippen LogP contribution in [0.2, 0.25) is 20.1 Å². The number of likely N-dealkylation sites (tertiary alicyclic amines) is 2. The molecule has 2 aliphatic heterocycles. The molecular formula is C50H44Cl4F2N2O6. The normalized spacial score (nSPS) is 14.7. The Morgan fingerprint density at radius 2 is 1.02 bits per heavy atom. The number of hydrogen-bond donors (Lipinski definition) is 2. The van der Waals surface area contributed by atoms with Gasteiger partial charge in [-0.1, -0.05) is 76.7 Å². The van der Waals surface area contributed by atoms with Gasteiger partial charge in [-0.25, -0.2) is 8.78 Å². The molecule has 0 aromatic heterocycles. The molecule has 2 N–H and O–H groups in total. The van der Waals surface area contributed by atoms with Crippen molar-refractivity contribution in [2.24, 2.45) is 0 Å². The molecule has 8 nitrogen and oxygen atoms in total. The minimum atomic E-state index is -0.905. The second-order valence-electron chi connectivity index (χ2n) is 16.4. The van der Waals surface area contributed by atoms with E-state index in [1.807, 2.05) is 26.0 Å². The van der Waals surface area contributed by atoms with Gasteiger partial charge in [-0.3, -0.25) is 19.2 Å². The largest absolute Gasteiger partial charge is 0.481 e. The minimum absolute atomic E-state index is 0.0822. The van der Waals surface area contributed by atoms with E-state index in [9.17, 15) is 38.2 Å². The molecule has 6 aromatic carbocycles. The maximum Gasteiger partial charge on any atom is 0.307 e. The molecule has 14 heteroatoms. The Morgan fingerprint density at radius 3 is 1.44 bits per heavy atom. The molecule has 64 heavy (non-hydrogen) atoms. The van der Waals surface area contributed by atoms with E-state index in [4.69, 9.17) is 46.4 Å². The lowest BCUT2D eigenvalue weighted by molar-refractivity contribution is -0.137. The number of carbonyl (C=O) groups is 4. The summed E-state index contributed by atoms with van der Waals surface area (Å²) in [5.74, 6) is -2.63. The number of aliphatic carboxylic acids is 2. The molecule has 6 aromatic rings. The number of halogens is 6. The monoisotopic (exact) mass is 946 g/mol. The quantitative estimate of drug-likeness (QED) is 0.157. The maximum atomic E-state index is 14.1. The van der Waals surface area contributed by atoms with Crippen LogP contribution in [-0.2, 0) is 22.4 Å². The van der Waals surface area contributed by atoms with E-state index in [0.717, 1.165) is 54.9 Å². The fourth-order valence-corrected chi connectivity index (χ4v) is 10.3. The van der Waals surface area contributed by atoms with Crippen LogP contribution in [0.15, 0.2) is 84.9 Å². The van der Waals surface area contributed by atoms with Crippen molar-refractivity contribution in [2.45, 2.75) is 64.2 Å². The van der Waals surface area contributed by atoms with E-state index in [0.29, 0.717) is 83.1 Å². The highest BCUT2D eigenvalue weighted by molar-refractivity contribution is 6.39. The zero-order valence-electron chi connectivity index (χ0n) is 35.0. The van der Waals surface area contributed by atoms with Crippen LogP contribution in [0.4, 0.5) is 8.78 Å². The molecular weight excluding hydrogens is 904 g/mol. The Kier molecular flexibility index (Phi) is 14.5. The number of carboxylic acids is 2. The van der Waals surface area contributed by atoms with Gasteiger partial charge in [-0.15, -0.1) is 0 Å². The summed E-state index contributed by atoms with van der Waals surface area (Å²) < 4.78 is 28.2. The highest BCUT2D eigenvalue weighted by Gasteiger charge is 2.31. The number of amides is 2. The van der Waals surface area contributed by atoms with Crippen LogP contribution in [-0.4, -0.2) is 69.9 Å². The molecule has 0 bridgehead atoms. The third-order valence-electron chi connectivity index (χ3n) is 12.4. The third kappa shape index (κ3) is 10.2. The van der Waals surface area contributed by atoms with Crippen molar-refractivity contribution in [1.29, 1.82) is 0 Å². The maximum absolute atomic E-state index is 14.1. The van der Waals surface area contributed by atoms with Crippen molar-refractivity contribution in [3.8, 4) is 0 Å². The van der Waals surface area contributed by atoms with Gasteiger partial charge >= 0.3 is 11.9 Å². The smallest absolute Gasteiger partial charge is 0.307 e. The highest BCUT2D eigenvalue weighted by Crippen LogP contribution is 2.40. The van der Waals surface area contributed by atoms with Gasteiger partial charge in [-0.2, -0.15) is 0 Å². The Bertz CT molecular complexity index is 2800. The van der Waals surface area contributed by atoms with Gasteiger partial charge in [0.25, 0.3) is 11.8 Å². The minimum Gasteiger partial charge on any atom is -0.481 e. The first-order valence-electron chi connectivity index (χ1n) is 20.8. The lowest BCUT2D eigenvalue weighted by Gasteiger charge is -2.34. The zero-order valence-corrected chi connectivity index (χ0v) is 38.0. The molecule has 332 valence electrons. The Labute approximate surface area is 389 Å². The molecule has 2 aliphatic rings. The Balaban J connectivity index is 0.000000191. The average Bonchev–Trinajstić information content (AvgIpc) is 3.24. The van der Waals surface area contributed by atoms with E-state index in [2.05, 4.69) is 0 Å². The molecule has 0 radical (unpaired) electrons. The third-order valence-corrected chi connectivity index (χ3v) is 13.6. The van der Waals surface area contributed by atoms with Crippen molar-refractivity contribution in [3.05, 3.63) is 161 Å². The molecule has 0 aliphatic carbocycles. The van der Waals surface area contributed by atoms with E-state index in [1.165, 1.54) is 24.3 Å². The van der Waals surface area contributed by atoms with Crippen LogP contribution in [0.5, 0.6) is 0 Å². The predicted molar refractivity (Wildman–Crippen MR) is 249 cm³/mol. The zero-order chi connectivity index (χ0) is 46.0. The van der Waals surface area contributed by atoms with Crippen LogP contribution >= 0.6 is 46.4 Å². The molecule has 2 saturated heterocycles. The van der Waals surface area contributed by atoms with Crippen LogP contribution in [0.3, 0.4) is 0 Å². The molecule has 2 fully saturated rings. The SMILES string of the molecule is Cc1c(CC(=O)O)cc2ccc(F)cc2c1C1CCN(C(=O)c2c(Cl)cccc2Cl)CC1.Cc1c(CC(=O)O)cc2ccc(F)cc2c1C1CCN(C(=O)c2ccc(Cl)cc2Cl)CC1. The molecule has 0 saturated carbocycles. The summed E-state index contributed by atoms with van der Waals surface area (Å²) in [6.07, 6.45) is 2.57. The topological polar surface area (TPSA) is 115 Å². The predicted octanol–water partition coefficient (Wildman–Crippen LogP) is 12.5. The summed E-state index contributed by atoms with van der Waals surface area (Å²) >= 11 is 24.6. The Morgan fingerprint density at radius 1 is 0.578 bits per heavy atom. The van der Waals surface area contributed by atoms with Crippen molar-refractivity contribution < 1.29 is 38.2 Å². The fourth-order valence-electron chi connectivity index (χ4n) is 9.30. The van der Waals surface area contributed by atoms with Gasteiger partial charge in [0.2, 0.25) is 0 Å². The first kappa shape index (κ1) is 46.7. The van der Waals surface area contributed by atoms with Crippen LogP contribution < -0.4 is 0 Å². The van der Waals surface area contributed by atoms with Crippen molar-refractivity contribution >= 4 is 91.7 Å². The van der Waals surface area contributed by atoms with E-state index >= 15 is 0 Å². The van der Waals surface area contributed by atoms with Crippen molar-refractivity contribution in [1.82, 2.24) is 9.80 Å². The second kappa shape index (κ2) is 19.9. The number of piperidine rings is 2. The highest BCUT2D eigenvalue weighted by atomic mass is 35.5. The number of hydrogen-bond acceptors (Lipinski definition) is 4. The number of fused-ring (bicyclic) bond motifs is 2. The standard InChI is InChI=1S/2C25H22Cl2FNO3/c1-14-17(11-23(30)31)10-16-2-4-19(28)13-21(16)24(14)15-6-8-29(9-7-15)25(32)20-5-3-18(26)12-22(20)27;1-14-17(12-22(30)31)11-16-5-6-18(28)13-19(16)23(14)15-7-9-29(10-8-15)25(32)24-20(26)3-2-4-21(24)27/h2-5,10,12-13,15H,6-9,11H2,1H3,(H,30,31);2-6,11,13,15H,7-10,12H2,1H3,(H,30,31). The molecule has 0 spiro atoms. The lowest BCUT2D eigenvalue weighted by atomic mass is 9.81. The number of carbonyl (C=O) groups excluding carboxylic acids is 2. The Hall–Kier alpha value is -5.26. The average molecular weight is 949 g/mol. The number of benzene rings is 6. The molecule has 0 unspecified atom stereocenters. The molecule has 0 atom stereocenters. The summed E-state index contributed by atoms with van der Waals surface area (Å²) in [5.41, 5.74) is 5.91. The summed E-state index contributed by atoms with van der Waals surface area (Å²) in [6.45, 7) is 5.88. The second-order valence-corrected chi connectivity index (χ2v) is 18.0.